The fourth-order valence-corrected chi connectivity index (χ4v) is 8.34. The van der Waals surface area contributed by atoms with Crippen molar-refractivity contribution >= 4 is 43.1 Å². The van der Waals surface area contributed by atoms with Gasteiger partial charge in [-0.2, -0.15) is 4.98 Å². The predicted octanol–water partition coefficient (Wildman–Crippen LogP) is 7.31. The number of methoxy groups -OCH3 is 2. The number of carbonyl (C=O) groups is 3. The topological polar surface area (TPSA) is 182 Å². The minimum atomic E-state index is -2.71. The Morgan fingerprint density at radius 2 is 1.45 bits per heavy atom. The molecule has 16 heteroatoms. The van der Waals surface area contributed by atoms with E-state index in [4.69, 9.17) is 28.1 Å². The van der Waals surface area contributed by atoms with Crippen LogP contribution in [0.4, 0.5) is 5.95 Å². The molecule has 2 aromatic heterocycles. The maximum atomic E-state index is 13.7. The summed E-state index contributed by atoms with van der Waals surface area (Å²) in [4.78, 5) is 63.5. The highest BCUT2D eigenvalue weighted by atomic mass is 28.4. The second kappa shape index (κ2) is 18.7. The van der Waals surface area contributed by atoms with E-state index in [-0.39, 0.29) is 59.2 Å². The quantitative estimate of drug-likeness (QED) is 0.0541. The second-order valence-corrected chi connectivity index (χ2v) is 22.0. The van der Waals surface area contributed by atoms with Crippen LogP contribution in [0.2, 0.25) is 18.1 Å². The van der Waals surface area contributed by atoms with E-state index in [1.54, 1.807) is 32.6 Å². The molecule has 15 nitrogen and oxygen atoms in total. The first-order chi connectivity index (χ1) is 29.4. The molecule has 0 radical (unpaired) electrons. The van der Waals surface area contributed by atoms with E-state index in [2.05, 4.69) is 54.1 Å². The second-order valence-electron chi connectivity index (χ2n) is 17.3. The van der Waals surface area contributed by atoms with Crippen LogP contribution in [0, 0.1) is 5.92 Å². The van der Waals surface area contributed by atoms with Crippen molar-refractivity contribution in [3.63, 3.8) is 0 Å². The summed E-state index contributed by atoms with van der Waals surface area (Å²) in [7, 11) is 0.493. The SMILES string of the molecule is COc1ccc(C(OC[C@H]2O[C@@H](n3cnc4c(=O)[nH]c(NC(=O)C(C)C)nc43)C(O[Si](C)(C)C(C)(C)C)[C@H]2OC(=O)CCC(C)=O)(c2ccccc2)c2ccc(OC)cc2)cc1. The molecule has 0 saturated carbocycles. The molecular weight excluding hydrogens is 811 g/mol. The van der Waals surface area contributed by atoms with Gasteiger partial charge in [-0.1, -0.05) is 89.2 Å². The molecule has 1 amide bonds. The highest BCUT2D eigenvalue weighted by Crippen LogP contribution is 2.46. The van der Waals surface area contributed by atoms with Crippen molar-refractivity contribution < 1.29 is 42.5 Å². The van der Waals surface area contributed by atoms with Crippen molar-refractivity contribution in [2.75, 3.05) is 26.1 Å². The highest BCUT2D eigenvalue weighted by molar-refractivity contribution is 6.74. The molecule has 4 atom stereocenters. The van der Waals surface area contributed by atoms with E-state index in [9.17, 15) is 19.2 Å². The number of hydrogen-bond donors (Lipinski definition) is 2. The van der Waals surface area contributed by atoms with Crippen molar-refractivity contribution in [1.29, 1.82) is 0 Å². The summed E-state index contributed by atoms with van der Waals surface area (Å²) < 4.78 is 40.4. The number of imidazole rings is 1. The smallest absolute Gasteiger partial charge is 0.306 e. The Bertz CT molecular complexity index is 2360. The fourth-order valence-electron chi connectivity index (χ4n) is 7.05. The maximum absolute atomic E-state index is 13.7. The zero-order valence-corrected chi connectivity index (χ0v) is 38.0. The molecule has 3 heterocycles. The fraction of sp³-hybridized carbons (Fsp3) is 0.435. The molecule has 3 aromatic carbocycles. The third-order valence-electron chi connectivity index (χ3n) is 11.6. The van der Waals surface area contributed by atoms with Gasteiger partial charge in [0.25, 0.3) is 5.56 Å². The summed E-state index contributed by atoms with van der Waals surface area (Å²) in [6.07, 6.45) is -2.87. The first-order valence-electron chi connectivity index (χ1n) is 20.7. The van der Waals surface area contributed by atoms with Crippen molar-refractivity contribution in [3.05, 3.63) is 112 Å². The average Bonchev–Trinajstić information content (AvgIpc) is 3.81. The zero-order chi connectivity index (χ0) is 45.0. The Morgan fingerprint density at radius 3 is 1.98 bits per heavy atom. The predicted molar refractivity (Wildman–Crippen MR) is 236 cm³/mol. The van der Waals surface area contributed by atoms with E-state index < -0.39 is 50.0 Å². The number of hydrogen-bond acceptors (Lipinski definition) is 12. The van der Waals surface area contributed by atoms with Crippen LogP contribution >= 0.6 is 0 Å². The van der Waals surface area contributed by atoms with Crippen LogP contribution in [0.3, 0.4) is 0 Å². The Hall–Kier alpha value is -5.68. The van der Waals surface area contributed by atoms with Crippen LogP contribution in [0.1, 0.15) is 77.3 Å². The van der Waals surface area contributed by atoms with Gasteiger partial charge in [0.05, 0.1) is 33.6 Å². The minimum Gasteiger partial charge on any atom is -0.497 e. The number of rotatable bonds is 17. The van der Waals surface area contributed by atoms with E-state index in [0.29, 0.717) is 11.5 Å². The van der Waals surface area contributed by atoms with Crippen molar-refractivity contribution in [1.82, 2.24) is 19.5 Å². The summed E-state index contributed by atoms with van der Waals surface area (Å²) in [6, 6.07) is 24.9. The third-order valence-corrected chi connectivity index (χ3v) is 16.1. The van der Waals surface area contributed by atoms with E-state index in [0.717, 1.165) is 16.7 Å². The summed E-state index contributed by atoms with van der Waals surface area (Å²) in [5.41, 5.74) is 0.612. The number of amides is 1. The minimum absolute atomic E-state index is 0.000897. The van der Waals surface area contributed by atoms with Gasteiger partial charge in [0.1, 0.15) is 35.1 Å². The number of benzene rings is 3. The largest absolute Gasteiger partial charge is 0.497 e. The van der Waals surface area contributed by atoms with Crippen LogP contribution in [0.5, 0.6) is 11.5 Å². The summed E-state index contributed by atoms with van der Waals surface area (Å²) in [5.74, 6) is -0.275. The number of aromatic amines is 1. The lowest BCUT2D eigenvalue weighted by atomic mass is 9.80. The van der Waals surface area contributed by atoms with Crippen LogP contribution in [-0.2, 0) is 38.6 Å². The number of carbonyl (C=O) groups excluding carboxylic acids is 3. The van der Waals surface area contributed by atoms with E-state index in [1.165, 1.54) is 13.3 Å². The molecule has 62 heavy (non-hydrogen) atoms. The molecule has 1 saturated heterocycles. The maximum Gasteiger partial charge on any atom is 0.306 e. The zero-order valence-electron chi connectivity index (χ0n) is 37.0. The molecule has 1 aliphatic heterocycles. The lowest BCUT2D eigenvalue weighted by Crippen LogP contribution is -2.50. The van der Waals surface area contributed by atoms with Gasteiger partial charge in [-0.3, -0.25) is 29.3 Å². The number of H-pyrrole nitrogens is 1. The number of ether oxygens (including phenoxy) is 5. The lowest BCUT2D eigenvalue weighted by Gasteiger charge is -2.40. The van der Waals surface area contributed by atoms with Gasteiger partial charge in [0.2, 0.25) is 11.9 Å². The molecule has 330 valence electrons. The molecule has 1 unspecified atom stereocenters. The Morgan fingerprint density at radius 1 is 0.871 bits per heavy atom. The molecule has 1 aliphatic rings. The van der Waals surface area contributed by atoms with Crippen molar-refractivity contribution in [3.8, 4) is 11.5 Å². The average molecular weight is 868 g/mol. The Labute approximate surface area is 362 Å². The molecule has 0 bridgehead atoms. The third kappa shape index (κ3) is 9.68. The molecule has 0 aliphatic carbocycles. The number of nitrogens with one attached hydrogen (secondary N) is 2. The van der Waals surface area contributed by atoms with E-state index >= 15 is 0 Å². The first-order valence-corrected chi connectivity index (χ1v) is 23.6. The van der Waals surface area contributed by atoms with Gasteiger partial charge in [-0.05, 0) is 66.0 Å². The molecule has 5 aromatic rings. The normalized spacial score (nSPS) is 18.2. The standard InChI is InChI=1S/C46H57N5O10Si/c1-28(2)41(54)49-44-48-40-37(42(55)50-44)47-27-51(40)43-39(61-62(9,10)45(4,5)6)38(60-36(53)25-16-29(3)52)35(59-43)26-58-46(30-14-12-11-13-15-30,31-17-21-33(56-7)22-18-31)32-19-23-34(57-8)24-20-32/h11-15,17-24,27-28,35,38-39,43H,16,25-26H2,1-10H3,(H2,48,49,50,54,55)/t35-,38+,39?,43-/m1/s1. The first kappa shape index (κ1) is 45.8. The molecule has 2 N–H and O–H groups in total. The van der Waals surface area contributed by atoms with Crippen LogP contribution in [0.15, 0.2) is 90.0 Å². The monoisotopic (exact) mass is 867 g/mol. The number of Topliss-reactive ketones (excluding diaryl/α,β-unsaturated/α-hetero) is 1. The van der Waals surface area contributed by atoms with Gasteiger partial charge < -0.3 is 32.9 Å². The van der Waals surface area contributed by atoms with Crippen molar-refractivity contribution in [2.45, 2.75) is 103 Å². The summed E-state index contributed by atoms with van der Waals surface area (Å²) >= 11 is 0. The Kier molecular flexibility index (Phi) is 13.9. The molecule has 6 rings (SSSR count). The van der Waals surface area contributed by atoms with Gasteiger partial charge in [0.15, 0.2) is 31.8 Å². The lowest BCUT2D eigenvalue weighted by molar-refractivity contribution is -0.159. The number of esters is 1. The Balaban J connectivity index is 1.52. The van der Waals surface area contributed by atoms with Crippen molar-refractivity contribution in [2.24, 2.45) is 5.92 Å². The van der Waals surface area contributed by atoms with Crippen LogP contribution in [0.25, 0.3) is 11.2 Å². The molecule has 0 spiro atoms. The highest BCUT2D eigenvalue weighted by Gasteiger charge is 2.54. The van der Waals surface area contributed by atoms with E-state index in [1.807, 2.05) is 78.9 Å². The number of ketones is 1. The van der Waals surface area contributed by atoms with Crippen LogP contribution in [-0.4, -0.2) is 84.6 Å². The van der Waals surface area contributed by atoms with Gasteiger partial charge in [-0.15, -0.1) is 0 Å². The number of anilines is 1. The van der Waals surface area contributed by atoms with Gasteiger partial charge in [0, 0.05) is 12.3 Å². The molecular formula is C46H57N5O10Si. The summed E-state index contributed by atoms with van der Waals surface area (Å²) in [5, 5.41) is 2.37. The number of nitrogens with zero attached hydrogens (tertiary/aromatic N) is 3. The molecule has 1 fully saturated rings. The number of aromatic nitrogens is 4. The van der Waals surface area contributed by atoms with Gasteiger partial charge >= 0.3 is 5.97 Å². The van der Waals surface area contributed by atoms with Gasteiger partial charge in [-0.25, -0.2) is 4.98 Å². The van der Waals surface area contributed by atoms with Crippen LogP contribution < -0.4 is 20.3 Å². The summed E-state index contributed by atoms with van der Waals surface area (Å²) in [6.45, 7) is 15.1. The number of fused-ring (bicyclic) bond motifs is 1.